The number of hydrogen-bond acceptors (Lipinski definition) is 3. The topological polar surface area (TPSA) is 34.0 Å². The fourth-order valence-corrected chi connectivity index (χ4v) is 1.82. The van der Waals surface area contributed by atoms with Crippen LogP contribution in [0, 0.1) is 3.57 Å². The van der Waals surface area contributed by atoms with Gasteiger partial charge in [0.05, 0.1) is 12.7 Å². The van der Waals surface area contributed by atoms with Crippen molar-refractivity contribution in [1.82, 2.24) is 19.9 Å². The SMILES string of the molecule is CN(C)CCn1cc(-c2ccc(I)cc2)nn1. The molecule has 0 saturated carbocycles. The van der Waals surface area contributed by atoms with E-state index in [0.717, 1.165) is 24.3 Å². The van der Waals surface area contributed by atoms with Gasteiger partial charge in [0, 0.05) is 15.7 Å². The van der Waals surface area contributed by atoms with Gasteiger partial charge in [-0.1, -0.05) is 17.3 Å². The zero-order valence-electron chi connectivity index (χ0n) is 9.97. The Hall–Kier alpha value is -0.950. The first kappa shape index (κ1) is 12.5. The molecule has 0 unspecified atom stereocenters. The van der Waals surface area contributed by atoms with Crippen LogP contribution in [0.5, 0.6) is 0 Å². The van der Waals surface area contributed by atoms with Gasteiger partial charge in [-0.25, -0.2) is 0 Å². The van der Waals surface area contributed by atoms with Gasteiger partial charge in [-0.05, 0) is 48.8 Å². The summed E-state index contributed by atoms with van der Waals surface area (Å²) in [6, 6.07) is 8.30. The van der Waals surface area contributed by atoms with Gasteiger partial charge >= 0.3 is 0 Å². The molecular weight excluding hydrogens is 327 g/mol. The van der Waals surface area contributed by atoms with Crippen LogP contribution in [-0.2, 0) is 6.54 Å². The lowest BCUT2D eigenvalue weighted by Crippen LogP contribution is -2.18. The molecule has 0 atom stereocenters. The molecule has 0 N–H and O–H groups in total. The molecule has 0 aliphatic carbocycles. The van der Waals surface area contributed by atoms with Crippen molar-refractivity contribution in [3.63, 3.8) is 0 Å². The van der Waals surface area contributed by atoms with Crippen molar-refractivity contribution in [3.8, 4) is 11.3 Å². The van der Waals surface area contributed by atoms with E-state index in [0.29, 0.717) is 0 Å². The maximum absolute atomic E-state index is 4.19. The Morgan fingerprint density at radius 2 is 1.94 bits per heavy atom. The lowest BCUT2D eigenvalue weighted by Gasteiger charge is -2.07. The molecule has 1 aromatic carbocycles. The lowest BCUT2D eigenvalue weighted by molar-refractivity contribution is 0.370. The van der Waals surface area contributed by atoms with Gasteiger partial charge in [0.15, 0.2) is 0 Å². The standard InChI is InChI=1S/C12H15IN4/c1-16(2)7-8-17-9-12(14-15-17)10-3-5-11(13)6-4-10/h3-6,9H,7-8H2,1-2H3. The zero-order chi connectivity index (χ0) is 12.3. The molecule has 17 heavy (non-hydrogen) atoms. The average molecular weight is 342 g/mol. The van der Waals surface area contributed by atoms with Gasteiger partial charge in [-0.3, -0.25) is 4.68 Å². The number of halogens is 1. The second-order valence-corrected chi connectivity index (χ2v) is 5.42. The Kier molecular flexibility index (Phi) is 4.11. The molecule has 0 spiro atoms. The summed E-state index contributed by atoms with van der Waals surface area (Å²) in [5.74, 6) is 0. The molecule has 0 fully saturated rings. The van der Waals surface area contributed by atoms with Gasteiger partial charge in [0.2, 0.25) is 0 Å². The van der Waals surface area contributed by atoms with Crippen molar-refractivity contribution in [2.24, 2.45) is 0 Å². The predicted octanol–water partition coefficient (Wildman–Crippen LogP) is 2.11. The highest BCUT2D eigenvalue weighted by molar-refractivity contribution is 14.1. The molecule has 1 heterocycles. The van der Waals surface area contributed by atoms with Crippen LogP contribution in [0.3, 0.4) is 0 Å². The summed E-state index contributed by atoms with van der Waals surface area (Å²) in [7, 11) is 4.11. The number of benzene rings is 1. The van der Waals surface area contributed by atoms with Crippen LogP contribution in [0.25, 0.3) is 11.3 Å². The Labute approximate surface area is 115 Å². The summed E-state index contributed by atoms with van der Waals surface area (Å²) < 4.78 is 3.11. The average Bonchev–Trinajstić information content (AvgIpc) is 2.76. The molecule has 4 nitrogen and oxygen atoms in total. The maximum atomic E-state index is 4.19. The molecule has 0 radical (unpaired) electrons. The van der Waals surface area contributed by atoms with Crippen molar-refractivity contribution in [3.05, 3.63) is 34.0 Å². The molecule has 0 saturated heterocycles. The highest BCUT2D eigenvalue weighted by Crippen LogP contribution is 2.17. The highest BCUT2D eigenvalue weighted by atomic mass is 127. The van der Waals surface area contributed by atoms with E-state index in [1.54, 1.807) is 0 Å². The summed E-state index contributed by atoms with van der Waals surface area (Å²) in [5, 5.41) is 8.31. The zero-order valence-corrected chi connectivity index (χ0v) is 12.1. The van der Waals surface area contributed by atoms with Gasteiger partial charge in [-0.2, -0.15) is 0 Å². The normalized spacial score (nSPS) is 11.1. The minimum absolute atomic E-state index is 0.865. The van der Waals surface area contributed by atoms with Crippen molar-refractivity contribution in [2.45, 2.75) is 6.54 Å². The van der Waals surface area contributed by atoms with Crippen molar-refractivity contribution in [2.75, 3.05) is 20.6 Å². The predicted molar refractivity (Wildman–Crippen MR) is 76.7 cm³/mol. The fraction of sp³-hybridized carbons (Fsp3) is 0.333. The van der Waals surface area contributed by atoms with Crippen LogP contribution in [0.15, 0.2) is 30.5 Å². The van der Waals surface area contributed by atoms with E-state index in [4.69, 9.17) is 0 Å². The van der Waals surface area contributed by atoms with Gasteiger partial charge < -0.3 is 4.90 Å². The van der Waals surface area contributed by atoms with Gasteiger partial charge in [0.25, 0.3) is 0 Å². The maximum Gasteiger partial charge on any atom is 0.113 e. The van der Waals surface area contributed by atoms with E-state index in [1.165, 1.54) is 3.57 Å². The summed E-state index contributed by atoms with van der Waals surface area (Å²) in [5.41, 5.74) is 2.04. The van der Waals surface area contributed by atoms with Crippen LogP contribution in [-0.4, -0.2) is 40.5 Å². The minimum atomic E-state index is 0.865. The molecule has 90 valence electrons. The first-order chi connectivity index (χ1) is 8.15. The molecule has 2 rings (SSSR count). The number of likely N-dealkylation sites (N-methyl/N-ethyl adjacent to an activating group) is 1. The number of nitrogens with zero attached hydrogens (tertiary/aromatic N) is 4. The number of aromatic nitrogens is 3. The summed E-state index contributed by atoms with van der Waals surface area (Å²) >= 11 is 2.29. The Balaban J connectivity index is 2.10. The molecule has 0 aliphatic rings. The Morgan fingerprint density at radius 3 is 2.59 bits per heavy atom. The van der Waals surface area contributed by atoms with E-state index in [1.807, 2.05) is 10.9 Å². The number of hydrogen-bond donors (Lipinski definition) is 0. The first-order valence-electron chi connectivity index (χ1n) is 5.46. The largest absolute Gasteiger partial charge is 0.308 e. The first-order valence-corrected chi connectivity index (χ1v) is 6.54. The third-order valence-corrected chi connectivity index (χ3v) is 3.17. The third-order valence-electron chi connectivity index (χ3n) is 2.45. The van der Waals surface area contributed by atoms with E-state index < -0.39 is 0 Å². The van der Waals surface area contributed by atoms with Crippen LogP contribution >= 0.6 is 22.6 Å². The number of rotatable bonds is 4. The van der Waals surface area contributed by atoms with Crippen LogP contribution in [0.2, 0.25) is 0 Å². The van der Waals surface area contributed by atoms with E-state index in [9.17, 15) is 0 Å². The third kappa shape index (κ3) is 3.50. The van der Waals surface area contributed by atoms with E-state index >= 15 is 0 Å². The second kappa shape index (κ2) is 5.59. The fourth-order valence-electron chi connectivity index (χ4n) is 1.46. The van der Waals surface area contributed by atoms with Gasteiger partial charge in [0.1, 0.15) is 5.69 Å². The molecule has 1 aromatic heterocycles. The Bertz CT molecular complexity index is 476. The molecule has 0 aliphatic heterocycles. The van der Waals surface area contributed by atoms with Crippen LogP contribution in [0.4, 0.5) is 0 Å². The second-order valence-electron chi connectivity index (χ2n) is 4.18. The molecule has 0 amide bonds. The molecule has 2 aromatic rings. The highest BCUT2D eigenvalue weighted by Gasteiger charge is 2.03. The van der Waals surface area contributed by atoms with Gasteiger partial charge in [-0.15, -0.1) is 5.10 Å². The van der Waals surface area contributed by atoms with Crippen LogP contribution < -0.4 is 0 Å². The van der Waals surface area contributed by atoms with Crippen LogP contribution in [0.1, 0.15) is 0 Å². The molecule has 5 heteroatoms. The van der Waals surface area contributed by atoms with Crippen molar-refractivity contribution in [1.29, 1.82) is 0 Å². The lowest BCUT2D eigenvalue weighted by atomic mass is 10.2. The summed E-state index contributed by atoms with van der Waals surface area (Å²) in [4.78, 5) is 2.13. The minimum Gasteiger partial charge on any atom is -0.308 e. The van der Waals surface area contributed by atoms with Crippen molar-refractivity contribution < 1.29 is 0 Å². The Morgan fingerprint density at radius 1 is 1.24 bits per heavy atom. The monoisotopic (exact) mass is 342 g/mol. The summed E-state index contributed by atoms with van der Waals surface area (Å²) in [6.07, 6.45) is 1.99. The van der Waals surface area contributed by atoms with E-state index in [2.05, 4.69) is 76.2 Å². The van der Waals surface area contributed by atoms with Crippen molar-refractivity contribution >= 4 is 22.6 Å². The quantitative estimate of drug-likeness (QED) is 0.799. The molecule has 0 bridgehead atoms. The summed E-state index contributed by atoms with van der Waals surface area (Å²) in [6.45, 7) is 1.83. The molecular formula is C12H15IN4. The van der Waals surface area contributed by atoms with E-state index in [-0.39, 0.29) is 0 Å². The smallest absolute Gasteiger partial charge is 0.113 e.